The molecule has 132 valence electrons. The van der Waals surface area contributed by atoms with Crippen LogP contribution < -0.4 is 4.90 Å². The number of benzene rings is 1. The van der Waals surface area contributed by atoms with Gasteiger partial charge in [-0.15, -0.1) is 0 Å². The second-order valence-electron chi connectivity index (χ2n) is 5.89. The quantitative estimate of drug-likeness (QED) is 0.719. The second-order valence-corrected chi connectivity index (χ2v) is 5.89. The van der Waals surface area contributed by atoms with Crippen molar-refractivity contribution in [3.8, 4) is 11.5 Å². The normalized spacial score (nSPS) is 14.5. The summed E-state index contributed by atoms with van der Waals surface area (Å²) in [5, 5.41) is 3.83. The van der Waals surface area contributed by atoms with E-state index in [4.69, 9.17) is 4.52 Å². The molecular formula is C18H16FN5O2. The van der Waals surface area contributed by atoms with Crippen molar-refractivity contribution in [2.75, 3.05) is 31.1 Å². The number of aromatic nitrogens is 3. The van der Waals surface area contributed by atoms with Crippen molar-refractivity contribution in [2.24, 2.45) is 0 Å². The maximum Gasteiger partial charge on any atom is 0.316 e. The first-order chi connectivity index (χ1) is 12.7. The summed E-state index contributed by atoms with van der Waals surface area (Å²) in [5.74, 6) is -0.305. The monoisotopic (exact) mass is 353 g/mol. The minimum atomic E-state index is -0.293. The van der Waals surface area contributed by atoms with Gasteiger partial charge in [-0.2, -0.15) is 4.98 Å². The van der Waals surface area contributed by atoms with E-state index in [-0.39, 0.29) is 17.6 Å². The third-order valence-electron chi connectivity index (χ3n) is 4.26. The molecule has 0 saturated carbocycles. The summed E-state index contributed by atoms with van der Waals surface area (Å²) < 4.78 is 18.1. The van der Waals surface area contributed by atoms with Crippen LogP contribution in [0, 0.1) is 5.82 Å². The molecule has 0 aliphatic carbocycles. The Bertz CT molecular complexity index is 889. The largest absolute Gasteiger partial charge is 0.368 e. The lowest BCUT2D eigenvalue weighted by Crippen LogP contribution is -2.48. The maximum atomic E-state index is 13.0. The van der Waals surface area contributed by atoms with Gasteiger partial charge >= 0.3 is 11.8 Å². The molecule has 2 aromatic heterocycles. The van der Waals surface area contributed by atoms with Gasteiger partial charge < -0.3 is 14.3 Å². The van der Waals surface area contributed by atoms with Crippen LogP contribution >= 0.6 is 0 Å². The number of piperazine rings is 1. The highest BCUT2D eigenvalue weighted by Crippen LogP contribution is 2.18. The number of hydrogen-bond donors (Lipinski definition) is 0. The van der Waals surface area contributed by atoms with Crippen molar-refractivity contribution in [3.05, 3.63) is 60.4 Å². The molecule has 0 radical (unpaired) electrons. The molecule has 3 heterocycles. The van der Waals surface area contributed by atoms with E-state index in [1.54, 1.807) is 35.4 Å². The third kappa shape index (κ3) is 3.26. The third-order valence-corrected chi connectivity index (χ3v) is 4.26. The van der Waals surface area contributed by atoms with Crippen LogP contribution in [0.1, 0.15) is 10.7 Å². The Morgan fingerprint density at radius 3 is 2.50 bits per heavy atom. The van der Waals surface area contributed by atoms with Gasteiger partial charge in [-0.3, -0.25) is 9.78 Å². The lowest BCUT2D eigenvalue weighted by atomic mass is 10.2. The maximum absolute atomic E-state index is 13.0. The average molecular weight is 353 g/mol. The molecule has 0 bridgehead atoms. The van der Waals surface area contributed by atoms with Gasteiger partial charge in [0.2, 0.25) is 5.82 Å². The van der Waals surface area contributed by atoms with Crippen LogP contribution in [0.15, 0.2) is 53.2 Å². The van der Waals surface area contributed by atoms with Gasteiger partial charge in [0.1, 0.15) is 11.5 Å². The lowest BCUT2D eigenvalue weighted by molar-refractivity contribution is 0.0696. The second kappa shape index (κ2) is 6.91. The van der Waals surface area contributed by atoms with Crippen molar-refractivity contribution in [3.63, 3.8) is 0 Å². The number of carbonyl (C=O) groups excluding carboxylic acids is 1. The molecule has 26 heavy (non-hydrogen) atoms. The number of pyridine rings is 1. The molecule has 7 nitrogen and oxygen atoms in total. The topological polar surface area (TPSA) is 75.4 Å². The Morgan fingerprint density at radius 2 is 1.81 bits per heavy atom. The first-order valence-electron chi connectivity index (χ1n) is 8.25. The number of rotatable bonds is 3. The smallest absolute Gasteiger partial charge is 0.316 e. The van der Waals surface area contributed by atoms with Crippen LogP contribution in [0.4, 0.5) is 10.1 Å². The summed E-state index contributed by atoms with van der Waals surface area (Å²) in [4.78, 5) is 24.7. The van der Waals surface area contributed by atoms with Crippen molar-refractivity contribution in [2.45, 2.75) is 0 Å². The molecule has 3 aromatic rings. The molecule has 1 aliphatic rings. The van der Waals surface area contributed by atoms with Gasteiger partial charge in [0.15, 0.2) is 0 Å². The van der Waals surface area contributed by atoms with E-state index < -0.39 is 0 Å². The van der Waals surface area contributed by atoms with Crippen LogP contribution in [-0.2, 0) is 0 Å². The van der Waals surface area contributed by atoms with E-state index in [0.717, 1.165) is 5.69 Å². The van der Waals surface area contributed by atoms with Gasteiger partial charge in [-0.25, -0.2) is 4.39 Å². The lowest BCUT2D eigenvalue weighted by Gasteiger charge is -2.35. The number of hydrogen-bond acceptors (Lipinski definition) is 6. The summed E-state index contributed by atoms with van der Waals surface area (Å²) in [6, 6.07) is 11.7. The van der Waals surface area contributed by atoms with Crippen molar-refractivity contribution in [1.82, 2.24) is 20.0 Å². The standard InChI is InChI=1S/C18H16FN5O2/c19-13-4-6-14(7-5-13)23-9-11-24(12-10-23)18(25)17-21-16(22-26-17)15-3-1-2-8-20-15/h1-8H,9-12H2. The molecule has 0 spiro atoms. The van der Waals surface area contributed by atoms with Crippen LogP contribution in [0.5, 0.6) is 0 Å². The minimum Gasteiger partial charge on any atom is -0.368 e. The Kier molecular flexibility index (Phi) is 4.30. The van der Waals surface area contributed by atoms with Gasteiger partial charge in [0, 0.05) is 38.1 Å². The molecule has 0 atom stereocenters. The van der Waals surface area contributed by atoms with E-state index >= 15 is 0 Å². The highest BCUT2D eigenvalue weighted by Gasteiger charge is 2.26. The van der Waals surface area contributed by atoms with Crippen molar-refractivity contribution >= 4 is 11.6 Å². The number of carbonyl (C=O) groups is 1. The fourth-order valence-electron chi connectivity index (χ4n) is 2.86. The molecule has 1 aliphatic heterocycles. The molecule has 0 N–H and O–H groups in total. The fraction of sp³-hybridized carbons (Fsp3) is 0.222. The van der Waals surface area contributed by atoms with Crippen molar-refractivity contribution in [1.29, 1.82) is 0 Å². The zero-order valence-corrected chi connectivity index (χ0v) is 13.9. The summed E-state index contributed by atoms with van der Waals surface area (Å²) in [6.45, 7) is 2.35. The van der Waals surface area contributed by atoms with Crippen LogP contribution in [0.3, 0.4) is 0 Å². The molecule has 1 aromatic carbocycles. The molecule has 1 fully saturated rings. The predicted octanol–water partition coefficient (Wildman–Crippen LogP) is 2.23. The first kappa shape index (κ1) is 16.2. The molecule has 0 unspecified atom stereocenters. The van der Waals surface area contributed by atoms with Gasteiger partial charge in [-0.05, 0) is 36.4 Å². The highest BCUT2D eigenvalue weighted by molar-refractivity contribution is 5.90. The van der Waals surface area contributed by atoms with Crippen molar-refractivity contribution < 1.29 is 13.7 Å². The Hall–Kier alpha value is -3.29. The number of nitrogens with zero attached hydrogens (tertiary/aromatic N) is 5. The highest BCUT2D eigenvalue weighted by atomic mass is 19.1. The summed E-state index contributed by atoms with van der Waals surface area (Å²) >= 11 is 0. The Morgan fingerprint density at radius 1 is 1.04 bits per heavy atom. The van der Waals surface area contributed by atoms with E-state index in [0.29, 0.717) is 37.7 Å². The van der Waals surface area contributed by atoms with E-state index in [2.05, 4.69) is 20.0 Å². The summed E-state index contributed by atoms with van der Waals surface area (Å²) in [7, 11) is 0. The SMILES string of the molecule is O=C(c1nc(-c2ccccn2)no1)N1CCN(c2ccc(F)cc2)CC1. The fourth-order valence-corrected chi connectivity index (χ4v) is 2.86. The van der Waals surface area contributed by atoms with E-state index in [1.165, 1.54) is 12.1 Å². The Labute approximate surface area is 149 Å². The van der Waals surface area contributed by atoms with Gasteiger partial charge in [0.25, 0.3) is 0 Å². The Balaban J connectivity index is 1.41. The number of amides is 1. The van der Waals surface area contributed by atoms with Crippen LogP contribution in [0.2, 0.25) is 0 Å². The zero-order valence-electron chi connectivity index (χ0n) is 13.9. The van der Waals surface area contributed by atoms with E-state index in [1.807, 2.05) is 6.07 Å². The zero-order chi connectivity index (χ0) is 17.9. The molecule has 4 rings (SSSR count). The molecule has 1 amide bonds. The average Bonchev–Trinajstić information content (AvgIpc) is 3.19. The molecule has 1 saturated heterocycles. The predicted molar refractivity (Wildman–Crippen MR) is 92.0 cm³/mol. The molecular weight excluding hydrogens is 337 g/mol. The number of anilines is 1. The number of halogens is 1. The van der Waals surface area contributed by atoms with Crippen LogP contribution in [-0.4, -0.2) is 52.1 Å². The minimum absolute atomic E-state index is 0.0408. The summed E-state index contributed by atoms with van der Waals surface area (Å²) in [6.07, 6.45) is 1.63. The van der Waals surface area contributed by atoms with Crippen LogP contribution in [0.25, 0.3) is 11.5 Å². The van der Waals surface area contributed by atoms with Gasteiger partial charge in [-0.1, -0.05) is 11.2 Å². The summed E-state index contributed by atoms with van der Waals surface area (Å²) in [5.41, 5.74) is 1.49. The first-order valence-corrected chi connectivity index (χ1v) is 8.25. The van der Waals surface area contributed by atoms with E-state index in [9.17, 15) is 9.18 Å². The van der Waals surface area contributed by atoms with Gasteiger partial charge in [0.05, 0.1) is 0 Å². The molecule has 8 heteroatoms.